The minimum absolute atomic E-state index is 0.0245. The van der Waals surface area contributed by atoms with Gasteiger partial charge in [0.25, 0.3) is 0 Å². The van der Waals surface area contributed by atoms with Gasteiger partial charge in [0.05, 0.1) is 18.1 Å². The number of ether oxygens (including phenoxy) is 1. The zero-order valence-electron chi connectivity index (χ0n) is 23.1. The molecule has 3 aliphatic rings. The maximum Gasteiger partial charge on any atom is 0.414 e. The third-order valence-corrected chi connectivity index (χ3v) is 9.28. The molecule has 1 saturated carbocycles. The van der Waals surface area contributed by atoms with E-state index in [-0.39, 0.29) is 36.1 Å². The van der Waals surface area contributed by atoms with Crippen molar-refractivity contribution in [3.05, 3.63) is 42.5 Å². The normalized spacial score (nSPS) is 22.8. The monoisotopic (exact) mass is 566 g/mol. The van der Waals surface area contributed by atoms with Crippen LogP contribution in [-0.2, 0) is 14.4 Å². The summed E-state index contributed by atoms with van der Waals surface area (Å²) in [6, 6.07) is 11.5. The van der Waals surface area contributed by atoms with Crippen molar-refractivity contribution in [3.8, 4) is 15.5 Å². The first-order chi connectivity index (χ1) is 19.2. The summed E-state index contributed by atoms with van der Waals surface area (Å²) in [4.78, 5) is 57.4. The number of nitrogens with two attached hydrogens (primary N) is 1. The molecule has 2 saturated heterocycles. The molecule has 10 heteroatoms. The van der Waals surface area contributed by atoms with Crippen LogP contribution in [0, 0.1) is 5.92 Å². The molecule has 3 N–H and O–H groups in total. The topological polar surface area (TPSA) is 122 Å². The summed E-state index contributed by atoms with van der Waals surface area (Å²) in [5.41, 5.74) is 6.61. The molecule has 0 radical (unpaired) electrons. The largest absolute Gasteiger partial charge is 0.414 e. The maximum absolute atomic E-state index is 13.8. The molecular weight excluding hydrogens is 528 g/mol. The Morgan fingerprint density at radius 1 is 1.07 bits per heavy atom. The Kier molecular flexibility index (Phi) is 8.28. The van der Waals surface area contributed by atoms with Crippen molar-refractivity contribution in [2.24, 2.45) is 11.7 Å². The Labute approximate surface area is 239 Å². The number of nitrogens with zero attached hydrogens (tertiary/aromatic N) is 2. The second-order valence-electron chi connectivity index (χ2n) is 11.6. The molecule has 1 aromatic heterocycles. The molecular formula is C30H38N4O5S. The van der Waals surface area contributed by atoms with Gasteiger partial charge in [-0.15, -0.1) is 0 Å². The summed E-state index contributed by atoms with van der Waals surface area (Å²) in [5.74, 6) is -0.535. The SMILES string of the molecule is CC(C)CC(NC(=O)Oc1ccc(-c2ccccc2)s1)C(=O)N1CCC2C1C(=O)CN2C(=O)C1(N)CCCCC1. The van der Waals surface area contributed by atoms with Crippen molar-refractivity contribution in [2.75, 3.05) is 13.1 Å². The summed E-state index contributed by atoms with van der Waals surface area (Å²) >= 11 is 1.35. The summed E-state index contributed by atoms with van der Waals surface area (Å²) in [5, 5.41) is 3.17. The quantitative estimate of drug-likeness (QED) is 0.523. The summed E-state index contributed by atoms with van der Waals surface area (Å²) in [6.45, 7) is 4.26. The Morgan fingerprint density at radius 3 is 2.50 bits per heavy atom. The van der Waals surface area contributed by atoms with E-state index in [4.69, 9.17) is 10.5 Å². The van der Waals surface area contributed by atoms with E-state index in [9.17, 15) is 19.2 Å². The Balaban J connectivity index is 1.25. The number of rotatable bonds is 7. The molecule has 3 heterocycles. The molecule has 5 rings (SSSR count). The summed E-state index contributed by atoms with van der Waals surface area (Å²) < 4.78 is 5.54. The van der Waals surface area contributed by atoms with E-state index in [0.717, 1.165) is 29.7 Å². The molecule has 3 atom stereocenters. The lowest BCUT2D eigenvalue weighted by Crippen LogP contribution is -2.58. The predicted molar refractivity (Wildman–Crippen MR) is 153 cm³/mol. The van der Waals surface area contributed by atoms with Crippen molar-refractivity contribution < 1.29 is 23.9 Å². The van der Waals surface area contributed by atoms with Crippen LogP contribution in [-0.4, -0.2) is 70.2 Å². The molecule has 2 aromatic rings. The fourth-order valence-electron chi connectivity index (χ4n) is 6.31. The number of carbonyl (C=O) groups excluding carboxylic acids is 4. The highest BCUT2D eigenvalue weighted by Gasteiger charge is 2.54. The third-order valence-electron chi connectivity index (χ3n) is 8.27. The number of ketones is 1. The summed E-state index contributed by atoms with van der Waals surface area (Å²) in [6.07, 6.45) is 4.30. The van der Waals surface area contributed by atoms with Crippen molar-refractivity contribution in [1.82, 2.24) is 15.1 Å². The lowest BCUT2D eigenvalue weighted by molar-refractivity contribution is -0.140. The van der Waals surface area contributed by atoms with Crippen molar-refractivity contribution in [3.63, 3.8) is 0 Å². The average Bonchev–Trinajstić information content (AvgIpc) is 3.65. The first kappa shape index (κ1) is 28.3. The average molecular weight is 567 g/mol. The van der Waals surface area contributed by atoms with Crippen LogP contribution in [0.1, 0.15) is 58.8 Å². The number of carbonyl (C=O) groups is 4. The van der Waals surface area contributed by atoms with Crippen LogP contribution in [0.25, 0.3) is 10.4 Å². The number of likely N-dealkylation sites (tertiary alicyclic amines) is 2. The third kappa shape index (κ3) is 5.78. The van der Waals surface area contributed by atoms with E-state index in [1.807, 2.05) is 50.2 Å². The standard InChI is InChI=1S/C30H38N4O5S/c1-19(2)17-21(32-29(38)39-25-12-11-24(40-25)20-9-5-3-6-10-20)27(36)33-16-13-22-26(33)23(35)18-34(22)28(37)30(31)14-7-4-8-15-30/h3,5-6,9-12,19,21-22,26H,4,7-8,13-18,31H2,1-2H3,(H,32,38). The van der Waals surface area contributed by atoms with Crippen LogP contribution in [0.2, 0.25) is 0 Å². The zero-order valence-corrected chi connectivity index (χ0v) is 24.0. The molecule has 40 heavy (non-hydrogen) atoms. The van der Waals surface area contributed by atoms with Gasteiger partial charge in [-0.25, -0.2) is 4.79 Å². The van der Waals surface area contributed by atoms with Gasteiger partial charge in [-0.2, -0.15) is 0 Å². The lowest BCUT2D eigenvalue weighted by atomic mass is 9.81. The Bertz CT molecular complexity index is 1260. The maximum atomic E-state index is 13.8. The van der Waals surface area contributed by atoms with Gasteiger partial charge >= 0.3 is 6.09 Å². The van der Waals surface area contributed by atoms with Crippen LogP contribution in [0.15, 0.2) is 42.5 Å². The van der Waals surface area contributed by atoms with Crippen molar-refractivity contribution in [2.45, 2.75) is 82.5 Å². The van der Waals surface area contributed by atoms with Gasteiger partial charge in [0.1, 0.15) is 12.1 Å². The Hall–Kier alpha value is -3.24. The highest BCUT2D eigenvalue weighted by molar-refractivity contribution is 7.17. The van der Waals surface area contributed by atoms with Crippen LogP contribution in [0.4, 0.5) is 4.79 Å². The van der Waals surface area contributed by atoms with E-state index in [1.165, 1.54) is 11.3 Å². The molecule has 0 spiro atoms. The van der Waals surface area contributed by atoms with Crippen molar-refractivity contribution in [1.29, 1.82) is 0 Å². The number of Topliss-reactive ketones (excluding diaryl/α,β-unsaturated/α-hetero) is 1. The molecule has 3 fully saturated rings. The zero-order chi connectivity index (χ0) is 28.4. The lowest BCUT2D eigenvalue weighted by Gasteiger charge is -2.37. The highest BCUT2D eigenvalue weighted by atomic mass is 32.1. The fraction of sp³-hybridized carbons (Fsp3) is 0.533. The molecule has 3 amide bonds. The van der Waals surface area contributed by atoms with Crippen molar-refractivity contribution >= 4 is 35.0 Å². The van der Waals surface area contributed by atoms with Gasteiger partial charge in [0.2, 0.25) is 11.8 Å². The van der Waals surface area contributed by atoms with Gasteiger partial charge in [-0.3, -0.25) is 14.4 Å². The fourth-order valence-corrected chi connectivity index (χ4v) is 7.17. The Morgan fingerprint density at radius 2 is 1.80 bits per heavy atom. The number of nitrogens with one attached hydrogen (secondary N) is 1. The predicted octanol–water partition coefficient (Wildman–Crippen LogP) is 3.96. The molecule has 3 unspecified atom stereocenters. The first-order valence-corrected chi connectivity index (χ1v) is 15.0. The number of benzene rings is 1. The van der Waals surface area contributed by atoms with Crippen LogP contribution in [0.3, 0.4) is 0 Å². The first-order valence-electron chi connectivity index (χ1n) is 14.2. The van der Waals surface area contributed by atoms with E-state index in [2.05, 4.69) is 5.32 Å². The number of thiophene rings is 1. The van der Waals surface area contributed by atoms with Gasteiger partial charge in [0, 0.05) is 11.4 Å². The van der Waals surface area contributed by atoms with Gasteiger partial charge in [-0.1, -0.05) is 74.8 Å². The molecule has 0 bridgehead atoms. The van der Waals surface area contributed by atoms with Crippen LogP contribution in [0.5, 0.6) is 5.06 Å². The smallest absolute Gasteiger partial charge is 0.399 e. The summed E-state index contributed by atoms with van der Waals surface area (Å²) in [7, 11) is 0. The van der Waals surface area contributed by atoms with Gasteiger partial charge < -0.3 is 25.6 Å². The molecule has 214 valence electrons. The van der Waals surface area contributed by atoms with E-state index in [0.29, 0.717) is 37.3 Å². The molecule has 1 aromatic carbocycles. The number of fused-ring (bicyclic) bond motifs is 1. The minimum Gasteiger partial charge on any atom is -0.399 e. The highest BCUT2D eigenvalue weighted by Crippen LogP contribution is 2.36. The van der Waals surface area contributed by atoms with Gasteiger partial charge in [-0.05, 0) is 49.3 Å². The van der Waals surface area contributed by atoms with E-state index < -0.39 is 23.7 Å². The number of amides is 3. The molecule has 1 aliphatic carbocycles. The minimum atomic E-state index is -0.932. The van der Waals surface area contributed by atoms with Crippen LogP contribution >= 0.6 is 11.3 Å². The number of hydrogen-bond donors (Lipinski definition) is 2. The van der Waals surface area contributed by atoms with Crippen LogP contribution < -0.4 is 15.8 Å². The molecule has 2 aliphatic heterocycles. The second kappa shape index (κ2) is 11.7. The second-order valence-corrected chi connectivity index (χ2v) is 12.7. The number of hydrogen-bond acceptors (Lipinski definition) is 7. The van der Waals surface area contributed by atoms with E-state index >= 15 is 0 Å². The molecule has 9 nitrogen and oxygen atoms in total. The van der Waals surface area contributed by atoms with E-state index in [1.54, 1.807) is 15.9 Å². The van der Waals surface area contributed by atoms with Gasteiger partial charge in [0.15, 0.2) is 10.8 Å².